The minimum Gasteiger partial charge on any atom is -0.497 e. The Morgan fingerprint density at radius 1 is 0.918 bits per heavy atom. The van der Waals surface area contributed by atoms with Gasteiger partial charge in [0.25, 0.3) is 5.91 Å². The summed E-state index contributed by atoms with van der Waals surface area (Å²) in [5, 5.41) is 15.5. The van der Waals surface area contributed by atoms with E-state index in [4.69, 9.17) is 10.5 Å². The third-order valence-electron chi connectivity index (χ3n) is 8.92. The van der Waals surface area contributed by atoms with Gasteiger partial charge < -0.3 is 25.8 Å². The molecule has 2 amide bonds. The van der Waals surface area contributed by atoms with E-state index >= 15 is 0 Å². The second-order valence-corrected chi connectivity index (χ2v) is 14.4. The van der Waals surface area contributed by atoms with Crippen LogP contribution in [0.25, 0.3) is 0 Å². The minimum absolute atomic E-state index is 0.0196. The number of ether oxygens (including phenoxy) is 1. The lowest BCUT2D eigenvalue weighted by Crippen LogP contribution is -2.52. The SMILES string of the molecule is COc1cccc([C@@H](C)NC[C@@H](O)[C@H](Cc2ccccc2)N(C(=O)c2cc(C(N)=O)cc(N(C)S(C)(=O)=O)c2)C(C)c2ccccc2C)c1. The maximum absolute atomic E-state index is 14.9. The van der Waals surface area contributed by atoms with Crippen LogP contribution < -0.4 is 20.1 Å². The van der Waals surface area contributed by atoms with Crippen LogP contribution in [0.4, 0.5) is 5.69 Å². The van der Waals surface area contributed by atoms with E-state index < -0.39 is 40.0 Å². The molecule has 0 spiro atoms. The molecule has 4 atom stereocenters. The molecule has 0 radical (unpaired) electrons. The molecular weight excluding hydrogens is 641 g/mol. The Hall–Kier alpha value is -4.71. The smallest absolute Gasteiger partial charge is 0.254 e. The van der Waals surface area contributed by atoms with Gasteiger partial charge >= 0.3 is 0 Å². The number of nitrogens with zero attached hydrogens (tertiary/aromatic N) is 2. The van der Waals surface area contributed by atoms with E-state index in [1.165, 1.54) is 25.2 Å². The fourth-order valence-corrected chi connectivity index (χ4v) is 6.44. The van der Waals surface area contributed by atoms with E-state index in [2.05, 4.69) is 5.32 Å². The van der Waals surface area contributed by atoms with Crippen LogP contribution in [-0.2, 0) is 16.4 Å². The highest BCUT2D eigenvalue weighted by Gasteiger charge is 2.36. The number of sulfonamides is 1. The zero-order valence-corrected chi connectivity index (χ0v) is 29.6. The van der Waals surface area contributed by atoms with Gasteiger partial charge in [-0.1, -0.05) is 66.7 Å². The van der Waals surface area contributed by atoms with Gasteiger partial charge in [-0.2, -0.15) is 0 Å². The van der Waals surface area contributed by atoms with Crippen LogP contribution in [0.5, 0.6) is 5.75 Å². The summed E-state index contributed by atoms with van der Waals surface area (Å²) in [4.78, 5) is 29.0. The van der Waals surface area contributed by atoms with Crippen molar-refractivity contribution in [1.82, 2.24) is 10.2 Å². The lowest BCUT2D eigenvalue weighted by molar-refractivity contribution is 0.0214. The Bertz CT molecular complexity index is 1870. The first kappa shape index (κ1) is 37.1. The van der Waals surface area contributed by atoms with Gasteiger partial charge in [0, 0.05) is 30.8 Å². The molecule has 0 aromatic heterocycles. The molecule has 11 heteroatoms. The number of carbonyl (C=O) groups is 2. The van der Waals surface area contributed by atoms with Gasteiger partial charge in [-0.25, -0.2) is 8.42 Å². The predicted octanol–water partition coefficient (Wildman–Crippen LogP) is 5.02. The number of anilines is 1. The summed E-state index contributed by atoms with van der Waals surface area (Å²) in [6, 6.07) is 27.7. The molecule has 0 saturated heterocycles. The first-order chi connectivity index (χ1) is 23.2. The Morgan fingerprint density at radius 3 is 2.20 bits per heavy atom. The summed E-state index contributed by atoms with van der Waals surface area (Å²) in [6.07, 6.45) is 0.287. The molecule has 4 N–H and O–H groups in total. The Balaban J connectivity index is 1.83. The number of aliphatic hydroxyl groups excluding tert-OH is 1. The average molecular weight is 687 g/mol. The molecule has 260 valence electrons. The fourth-order valence-electron chi connectivity index (χ4n) is 5.96. The van der Waals surface area contributed by atoms with Crippen LogP contribution in [0.2, 0.25) is 0 Å². The van der Waals surface area contributed by atoms with E-state index in [1.54, 1.807) is 12.0 Å². The van der Waals surface area contributed by atoms with Gasteiger partial charge in [-0.3, -0.25) is 13.9 Å². The number of methoxy groups -OCH3 is 1. The van der Waals surface area contributed by atoms with Crippen LogP contribution >= 0.6 is 0 Å². The molecule has 0 aliphatic heterocycles. The normalized spacial score (nSPS) is 13.9. The molecule has 4 aromatic carbocycles. The largest absolute Gasteiger partial charge is 0.497 e. The third-order valence-corrected chi connectivity index (χ3v) is 10.1. The maximum Gasteiger partial charge on any atom is 0.254 e. The van der Waals surface area contributed by atoms with Crippen molar-refractivity contribution in [2.24, 2.45) is 5.73 Å². The van der Waals surface area contributed by atoms with Gasteiger partial charge in [-0.15, -0.1) is 0 Å². The number of hydrogen-bond acceptors (Lipinski definition) is 7. The van der Waals surface area contributed by atoms with Gasteiger partial charge in [0.2, 0.25) is 15.9 Å². The van der Waals surface area contributed by atoms with Crippen LogP contribution in [0, 0.1) is 6.92 Å². The number of primary amides is 1. The van der Waals surface area contributed by atoms with Crippen molar-refractivity contribution in [3.63, 3.8) is 0 Å². The summed E-state index contributed by atoms with van der Waals surface area (Å²) in [6.45, 7) is 5.99. The number of carbonyl (C=O) groups excluding carboxylic acids is 2. The van der Waals surface area contributed by atoms with E-state index in [1.807, 2.05) is 99.6 Å². The number of rotatable bonds is 15. The highest BCUT2D eigenvalue weighted by Crippen LogP contribution is 2.32. The lowest BCUT2D eigenvalue weighted by atomic mass is 9.93. The number of aryl methyl sites for hydroxylation is 1. The summed E-state index contributed by atoms with van der Waals surface area (Å²) in [7, 11) is -0.789. The van der Waals surface area contributed by atoms with Crippen molar-refractivity contribution in [3.05, 3.63) is 130 Å². The number of hydrogen-bond donors (Lipinski definition) is 3. The second-order valence-electron chi connectivity index (χ2n) is 12.3. The van der Waals surface area contributed by atoms with E-state index in [0.29, 0.717) is 6.42 Å². The van der Waals surface area contributed by atoms with Gasteiger partial charge in [0.1, 0.15) is 5.75 Å². The molecule has 4 rings (SSSR count). The standard InChI is InChI=1S/C38H46N4O6S/c1-25-13-10-11-18-34(25)27(3)42(38(45)31-20-30(37(39)44)21-32(22-31)41(4)49(6,46)47)35(19-28-14-8-7-9-15-28)36(43)24-40-26(2)29-16-12-17-33(23-29)48-5/h7-18,20-23,26-27,35-36,40,43H,19,24H2,1-6H3,(H2,39,44)/t26-,27?,35+,36-/m1/s1. The molecule has 49 heavy (non-hydrogen) atoms. The maximum atomic E-state index is 14.9. The first-order valence-electron chi connectivity index (χ1n) is 16.1. The van der Waals surface area contributed by atoms with Crippen LogP contribution in [-0.4, -0.2) is 69.3 Å². The monoisotopic (exact) mass is 686 g/mol. The quantitative estimate of drug-likeness (QED) is 0.159. The van der Waals surface area contributed by atoms with E-state index in [-0.39, 0.29) is 29.4 Å². The summed E-state index contributed by atoms with van der Waals surface area (Å²) < 4.78 is 31.4. The summed E-state index contributed by atoms with van der Waals surface area (Å²) in [5.41, 5.74) is 9.52. The first-order valence-corrected chi connectivity index (χ1v) is 17.9. The van der Waals surface area contributed by atoms with Gasteiger partial charge in [0.15, 0.2) is 0 Å². The molecule has 0 aliphatic carbocycles. The van der Waals surface area contributed by atoms with E-state index in [9.17, 15) is 23.1 Å². The topological polar surface area (TPSA) is 142 Å². The van der Waals surface area contributed by atoms with Crippen LogP contribution in [0.3, 0.4) is 0 Å². The number of amides is 2. The Kier molecular flexibility index (Phi) is 12.2. The van der Waals surface area contributed by atoms with Crippen molar-refractivity contribution in [2.45, 2.75) is 51.4 Å². The number of benzene rings is 4. The average Bonchev–Trinajstić information content (AvgIpc) is 3.09. The lowest BCUT2D eigenvalue weighted by Gasteiger charge is -2.40. The Labute approximate surface area is 289 Å². The van der Waals surface area contributed by atoms with Crippen molar-refractivity contribution >= 4 is 27.5 Å². The fraction of sp³-hybridized carbons (Fsp3) is 0.316. The molecule has 0 heterocycles. The van der Waals surface area contributed by atoms with Gasteiger partial charge in [0.05, 0.1) is 37.2 Å². The molecular formula is C38H46N4O6S. The Morgan fingerprint density at radius 2 is 1.57 bits per heavy atom. The van der Waals surface area contributed by atoms with Crippen molar-refractivity contribution in [3.8, 4) is 5.75 Å². The molecule has 0 bridgehead atoms. The van der Waals surface area contributed by atoms with Crippen molar-refractivity contribution in [2.75, 3.05) is 31.3 Å². The second kappa shape index (κ2) is 16.1. The van der Waals surface area contributed by atoms with Crippen molar-refractivity contribution < 1.29 is 27.9 Å². The molecule has 1 unspecified atom stereocenters. The van der Waals surface area contributed by atoms with E-state index in [0.717, 1.165) is 38.6 Å². The zero-order valence-electron chi connectivity index (χ0n) is 28.8. The zero-order chi connectivity index (χ0) is 35.9. The van der Waals surface area contributed by atoms with Crippen LogP contribution in [0.1, 0.15) is 68.9 Å². The molecule has 0 aliphatic rings. The van der Waals surface area contributed by atoms with Gasteiger partial charge in [-0.05, 0) is 79.8 Å². The minimum atomic E-state index is -3.74. The molecule has 0 fully saturated rings. The summed E-state index contributed by atoms with van der Waals surface area (Å²) >= 11 is 0. The van der Waals surface area contributed by atoms with Crippen molar-refractivity contribution in [1.29, 1.82) is 0 Å². The molecule has 0 saturated carbocycles. The highest BCUT2D eigenvalue weighted by molar-refractivity contribution is 7.92. The highest BCUT2D eigenvalue weighted by atomic mass is 32.2. The molecule has 4 aromatic rings. The van der Waals surface area contributed by atoms with Crippen LogP contribution in [0.15, 0.2) is 97.1 Å². The predicted molar refractivity (Wildman–Crippen MR) is 193 cm³/mol. The number of nitrogens with one attached hydrogen (secondary N) is 1. The number of aliphatic hydroxyl groups is 1. The third kappa shape index (κ3) is 9.26. The number of nitrogens with two attached hydrogens (primary N) is 1. The molecule has 10 nitrogen and oxygen atoms in total. The summed E-state index contributed by atoms with van der Waals surface area (Å²) in [5.74, 6) is -0.590.